The van der Waals surface area contributed by atoms with E-state index in [0.29, 0.717) is 25.1 Å². The van der Waals surface area contributed by atoms with Crippen molar-refractivity contribution in [1.29, 1.82) is 0 Å². The molecule has 2 amide bonds. The van der Waals surface area contributed by atoms with Gasteiger partial charge in [-0.1, -0.05) is 6.07 Å². The Morgan fingerprint density at radius 3 is 2.84 bits per heavy atom. The van der Waals surface area contributed by atoms with Gasteiger partial charge in [0.15, 0.2) is 17.3 Å². The van der Waals surface area contributed by atoms with Crippen LogP contribution in [0.1, 0.15) is 41.9 Å². The largest absolute Gasteiger partial charge is 0.459 e. The molecule has 2 heterocycles. The Balaban J connectivity index is 1.39. The van der Waals surface area contributed by atoms with Crippen LogP contribution in [0.5, 0.6) is 11.5 Å². The fraction of sp³-hybridized carbons (Fsp3) is 0.333. The van der Waals surface area contributed by atoms with Gasteiger partial charge in [-0.05, 0) is 43.2 Å². The molecule has 1 aliphatic heterocycles. The Kier molecular flexibility index (Phi) is 5.23. The van der Waals surface area contributed by atoms with Crippen LogP contribution < -0.4 is 20.1 Å². The summed E-state index contributed by atoms with van der Waals surface area (Å²) in [6, 6.07) is 8.72. The molecule has 25 heavy (non-hydrogen) atoms. The lowest BCUT2D eigenvalue weighted by atomic mass is 10.1. The highest BCUT2D eigenvalue weighted by molar-refractivity contribution is 5.91. The predicted molar refractivity (Wildman–Crippen MR) is 89.4 cm³/mol. The molecule has 2 N–H and O–H groups in total. The summed E-state index contributed by atoms with van der Waals surface area (Å²) in [4.78, 5) is 23.7. The molecule has 1 atom stereocenters. The number of ether oxygens (including phenoxy) is 2. The number of nitrogens with one attached hydrogen (secondary N) is 2. The van der Waals surface area contributed by atoms with E-state index in [-0.39, 0.29) is 30.4 Å². The number of fused-ring (bicyclic) bond motifs is 1. The van der Waals surface area contributed by atoms with Crippen molar-refractivity contribution in [3.05, 3.63) is 47.9 Å². The van der Waals surface area contributed by atoms with E-state index in [0.717, 1.165) is 11.3 Å². The van der Waals surface area contributed by atoms with Crippen molar-refractivity contribution < 1.29 is 23.5 Å². The maximum atomic E-state index is 12.0. The summed E-state index contributed by atoms with van der Waals surface area (Å²) >= 11 is 0. The Morgan fingerprint density at radius 1 is 1.20 bits per heavy atom. The molecule has 0 radical (unpaired) electrons. The van der Waals surface area contributed by atoms with Crippen LogP contribution in [0.4, 0.5) is 0 Å². The predicted octanol–water partition coefficient (Wildman–Crippen LogP) is 2.40. The zero-order valence-electron chi connectivity index (χ0n) is 13.9. The van der Waals surface area contributed by atoms with Gasteiger partial charge in [-0.15, -0.1) is 0 Å². The maximum absolute atomic E-state index is 12.0. The van der Waals surface area contributed by atoms with E-state index in [2.05, 4.69) is 10.6 Å². The number of furan rings is 1. The second-order valence-electron chi connectivity index (χ2n) is 5.74. The Morgan fingerprint density at radius 2 is 2.04 bits per heavy atom. The van der Waals surface area contributed by atoms with Crippen LogP contribution in [0.3, 0.4) is 0 Å². The second kappa shape index (κ2) is 7.74. The van der Waals surface area contributed by atoms with Crippen molar-refractivity contribution in [1.82, 2.24) is 10.6 Å². The molecule has 132 valence electrons. The number of amides is 2. The van der Waals surface area contributed by atoms with Gasteiger partial charge >= 0.3 is 0 Å². The average Bonchev–Trinajstić information content (AvgIpc) is 3.28. The van der Waals surface area contributed by atoms with E-state index in [1.54, 1.807) is 12.1 Å². The highest BCUT2D eigenvalue weighted by atomic mass is 16.7. The van der Waals surface area contributed by atoms with Gasteiger partial charge in [0, 0.05) is 13.0 Å². The van der Waals surface area contributed by atoms with E-state index in [9.17, 15) is 9.59 Å². The molecule has 1 aromatic carbocycles. The van der Waals surface area contributed by atoms with Gasteiger partial charge in [0.05, 0.1) is 12.3 Å². The lowest BCUT2D eigenvalue weighted by molar-refractivity contribution is -0.121. The quantitative estimate of drug-likeness (QED) is 0.753. The zero-order chi connectivity index (χ0) is 17.6. The maximum Gasteiger partial charge on any atom is 0.286 e. The van der Waals surface area contributed by atoms with Crippen molar-refractivity contribution >= 4 is 11.8 Å². The molecule has 7 nitrogen and oxygen atoms in total. The lowest BCUT2D eigenvalue weighted by Crippen LogP contribution is -2.28. The first-order chi connectivity index (χ1) is 12.1. The SMILES string of the molecule is C[C@H](NC(=O)CCCNC(=O)c1ccco1)c1ccc2c(c1)OCO2. The summed E-state index contributed by atoms with van der Waals surface area (Å²) in [6.45, 7) is 2.54. The minimum absolute atomic E-state index is 0.0718. The van der Waals surface area contributed by atoms with Gasteiger partial charge in [-0.2, -0.15) is 0 Å². The molecule has 0 unspecified atom stereocenters. The normalized spacial score (nSPS) is 13.3. The fourth-order valence-electron chi connectivity index (χ4n) is 2.53. The number of hydrogen-bond acceptors (Lipinski definition) is 5. The van der Waals surface area contributed by atoms with Crippen molar-refractivity contribution in [2.75, 3.05) is 13.3 Å². The average molecular weight is 344 g/mol. The van der Waals surface area contributed by atoms with Crippen molar-refractivity contribution in [2.24, 2.45) is 0 Å². The first-order valence-electron chi connectivity index (χ1n) is 8.14. The summed E-state index contributed by atoms with van der Waals surface area (Å²) < 4.78 is 15.6. The van der Waals surface area contributed by atoms with Crippen molar-refractivity contribution in [3.63, 3.8) is 0 Å². The van der Waals surface area contributed by atoms with Crippen LogP contribution in [0.15, 0.2) is 41.0 Å². The van der Waals surface area contributed by atoms with Crippen LogP contribution in [0.25, 0.3) is 0 Å². The second-order valence-corrected chi connectivity index (χ2v) is 5.74. The summed E-state index contributed by atoms with van der Waals surface area (Å²) in [5.74, 6) is 1.33. The van der Waals surface area contributed by atoms with Gasteiger partial charge in [-0.25, -0.2) is 0 Å². The van der Waals surface area contributed by atoms with Gasteiger partial charge in [-0.3, -0.25) is 9.59 Å². The van der Waals surface area contributed by atoms with Gasteiger partial charge in [0.1, 0.15) is 0 Å². The number of rotatable bonds is 7. The molecular weight excluding hydrogens is 324 g/mol. The van der Waals surface area contributed by atoms with E-state index < -0.39 is 0 Å². The minimum Gasteiger partial charge on any atom is -0.459 e. The third kappa shape index (κ3) is 4.32. The van der Waals surface area contributed by atoms with Crippen LogP contribution in [-0.4, -0.2) is 25.2 Å². The lowest BCUT2D eigenvalue weighted by Gasteiger charge is -2.15. The van der Waals surface area contributed by atoms with Crippen LogP contribution in [0.2, 0.25) is 0 Å². The smallest absolute Gasteiger partial charge is 0.286 e. The molecular formula is C18H20N2O5. The standard InChI is InChI=1S/C18H20N2O5/c1-12(13-6-7-14-16(10-13)25-11-24-14)20-17(21)5-2-8-19-18(22)15-4-3-9-23-15/h3-4,6-7,9-10,12H,2,5,8,11H2,1H3,(H,19,22)(H,20,21)/t12-/m0/s1. The fourth-order valence-corrected chi connectivity index (χ4v) is 2.53. The minimum atomic E-state index is -0.279. The molecule has 0 aliphatic carbocycles. The summed E-state index contributed by atoms with van der Waals surface area (Å²) in [7, 11) is 0. The van der Waals surface area contributed by atoms with Gasteiger partial charge in [0.2, 0.25) is 12.7 Å². The van der Waals surface area contributed by atoms with E-state index in [1.807, 2.05) is 25.1 Å². The molecule has 0 fully saturated rings. The summed E-state index contributed by atoms with van der Waals surface area (Å²) in [5, 5.41) is 5.65. The van der Waals surface area contributed by atoms with E-state index in [4.69, 9.17) is 13.9 Å². The molecule has 3 rings (SSSR count). The highest BCUT2D eigenvalue weighted by Gasteiger charge is 2.16. The first-order valence-corrected chi connectivity index (χ1v) is 8.14. The molecule has 7 heteroatoms. The third-order valence-corrected chi connectivity index (χ3v) is 3.89. The summed E-state index contributed by atoms with van der Waals surface area (Å²) in [5.41, 5.74) is 0.948. The first kappa shape index (κ1) is 16.9. The molecule has 0 saturated heterocycles. The van der Waals surface area contributed by atoms with Crippen molar-refractivity contribution in [2.45, 2.75) is 25.8 Å². The van der Waals surface area contributed by atoms with Crippen molar-refractivity contribution in [3.8, 4) is 11.5 Å². The molecule has 0 spiro atoms. The van der Waals surface area contributed by atoms with E-state index >= 15 is 0 Å². The molecule has 0 saturated carbocycles. The van der Waals surface area contributed by atoms with Gasteiger partial charge < -0.3 is 24.5 Å². The Hall–Kier alpha value is -2.96. The number of benzene rings is 1. The zero-order valence-corrected chi connectivity index (χ0v) is 13.9. The molecule has 0 bridgehead atoms. The Bertz CT molecular complexity index is 742. The van der Waals surface area contributed by atoms with Gasteiger partial charge in [0.25, 0.3) is 5.91 Å². The molecule has 1 aromatic heterocycles. The van der Waals surface area contributed by atoms with E-state index in [1.165, 1.54) is 6.26 Å². The van der Waals surface area contributed by atoms with Crippen LogP contribution >= 0.6 is 0 Å². The molecule has 2 aromatic rings. The topological polar surface area (TPSA) is 89.8 Å². The highest BCUT2D eigenvalue weighted by Crippen LogP contribution is 2.34. The number of carbonyl (C=O) groups excluding carboxylic acids is 2. The number of carbonyl (C=O) groups is 2. The third-order valence-electron chi connectivity index (χ3n) is 3.89. The van der Waals surface area contributed by atoms with Crippen LogP contribution in [-0.2, 0) is 4.79 Å². The van der Waals surface area contributed by atoms with Crippen LogP contribution in [0, 0.1) is 0 Å². The number of hydrogen-bond donors (Lipinski definition) is 2. The summed E-state index contributed by atoms with van der Waals surface area (Å²) in [6.07, 6.45) is 2.32. The Labute approximate surface area is 145 Å². The molecule has 1 aliphatic rings. The monoisotopic (exact) mass is 344 g/mol.